The number of ether oxygens (including phenoxy) is 1. The Morgan fingerprint density at radius 3 is 2.32 bits per heavy atom. The number of nitrogen functional groups attached to an aromatic ring is 1. The number of nitrogens with zero attached hydrogens (tertiary/aromatic N) is 1. The van der Waals surface area contributed by atoms with Gasteiger partial charge in [-0.15, -0.1) is 0 Å². The molecule has 0 fully saturated rings. The zero-order chi connectivity index (χ0) is 14.8. The largest absolute Gasteiger partial charge is 0.490 e. The third-order valence-electron chi connectivity index (χ3n) is 3.20. The van der Waals surface area contributed by atoms with Crippen molar-refractivity contribution in [3.05, 3.63) is 18.2 Å². The molecular weight excluding hydrogens is 264 g/mol. The van der Waals surface area contributed by atoms with Gasteiger partial charge < -0.3 is 15.4 Å². The molecule has 1 aromatic rings. The van der Waals surface area contributed by atoms with E-state index in [-0.39, 0.29) is 10.4 Å². The first-order valence-electron chi connectivity index (χ1n) is 5.94. The molecule has 0 aliphatic heterocycles. The highest BCUT2D eigenvalue weighted by molar-refractivity contribution is 7.90. The molecule has 0 spiro atoms. The molecule has 0 saturated heterocycles. The summed E-state index contributed by atoms with van der Waals surface area (Å²) < 4.78 is 28.5. The molecule has 108 valence electrons. The Morgan fingerprint density at radius 1 is 1.32 bits per heavy atom. The summed E-state index contributed by atoms with van der Waals surface area (Å²) in [6.07, 6.45) is 1.15. The van der Waals surface area contributed by atoms with Gasteiger partial charge in [0.1, 0.15) is 12.4 Å². The number of rotatable bonds is 5. The lowest BCUT2D eigenvalue weighted by Gasteiger charge is -2.32. The fraction of sp³-hybridized carbons (Fsp3) is 0.538. The Hall–Kier alpha value is -1.27. The lowest BCUT2D eigenvalue weighted by molar-refractivity contribution is 0.114. The highest BCUT2D eigenvalue weighted by atomic mass is 32.2. The van der Waals surface area contributed by atoms with Gasteiger partial charge >= 0.3 is 0 Å². The zero-order valence-electron chi connectivity index (χ0n) is 12.1. The SMILES string of the molecule is CN(C)C(C)(C)COc1ccc(S(C)(=O)=O)cc1N. The molecule has 1 aromatic carbocycles. The molecule has 6 heteroatoms. The van der Waals surface area contributed by atoms with Crippen molar-refractivity contribution in [2.75, 3.05) is 32.7 Å². The van der Waals surface area contributed by atoms with Crippen LogP contribution in [0.5, 0.6) is 5.75 Å². The highest BCUT2D eigenvalue weighted by Crippen LogP contribution is 2.26. The first-order valence-corrected chi connectivity index (χ1v) is 7.83. The van der Waals surface area contributed by atoms with Gasteiger partial charge in [-0.2, -0.15) is 0 Å². The van der Waals surface area contributed by atoms with Gasteiger partial charge in [-0.25, -0.2) is 8.42 Å². The van der Waals surface area contributed by atoms with E-state index < -0.39 is 9.84 Å². The third kappa shape index (κ3) is 4.11. The molecule has 0 bridgehead atoms. The predicted molar refractivity (Wildman–Crippen MR) is 77.2 cm³/mol. The Balaban J connectivity index is 2.88. The molecule has 0 unspecified atom stereocenters. The van der Waals surface area contributed by atoms with Crippen molar-refractivity contribution in [3.8, 4) is 5.75 Å². The number of hydrogen-bond acceptors (Lipinski definition) is 5. The van der Waals surface area contributed by atoms with Gasteiger partial charge in [-0.1, -0.05) is 0 Å². The maximum Gasteiger partial charge on any atom is 0.175 e. The lowest BCUT2D eigenvalue weighted by atomic mass is 10.1. The molecule has 19 heavy (non-hydrogen) atoms. The summed E-state index contributed by atoms with van der Waals surface area (Å²) in [6, 6.07) is 4.52. The van der Waals surface area contributed by atoms with Crippen molar-refractivity contribution < 1.29 is 13.2 Å². The second-order valence-electron chi connectivity index (χ2n) is 5.47. The third-order valence-corrected chi connectivity index (χ3v) is 4.31. The Bertz CT molecular complexity index is 551. The first kappa shape index (κ1) is 15.8. The summed E-state index contributed by atoms with van der Waals surface area (Å²) >= 11 is 0. The van der Waals surface area contributed by atoms with Crippen LogP contribution in [0.1, 0.15) is 13.8 Å². The number of nitrogens with two attached hydrogens (primary N) is 1. The Kier molecular flexibility index (Phi) is 4.47. The van der Waals surface area contributed by atoms with Crippen LogP contribution in [0.25, 0.3) is 0 Å². The highest BCUT2D eigenvalue weighted by Gasteiger charge is 2.22. The summed E-state index contributed by atoms with van der Waals surface area (Å²) in [7, 11) is 0.701. The fourth-order valence-electron chi connectivity index (χ4n) is 1.27. The minimum Gasteiger partial charge on any atom is -0.490 e. The standard InChI is InChI=1S/C13H22N2O3S/c1-13(2,15(3)4)9-18-12-7-6-10(8-11(12)14)19(5,16)17/h6-8H,9,14H2,1-5H3. The van der Waals surface area contributed by atoms with E-state index in [0.717, 1.165) is 6.26 Å². The quantitative estimate of drug-likeness (QED) is 0.828. The van der Waals surface area contributed by atoms with Crippen LogP contribution in [-0.4, -0.2) is 45.8 Å². The van der Waals surface area contributed by atoms with Gasteiger partial charge in [0, 0.05) is 11.8 Å². The fourth-order valence-corrected chi connectivity index (χ4v) is 1.93. The molecule has 5 nitrogen and oxygen atoms in total. The normalized spacial score (nSPS) is 12.7. The van der Waals surface area contributed by atoms with E-state index in [1.807, 2.05) is 32.8 Å². The summed E-state index contributed by atoms with van der Waals surface area (Å²) in [6.45, 7) is 4.56. The summed E-state index contributed by atoms with van der Waals surface area (Å²) in [5, 5.41) is 0. The number of sulfone groups is 1. The summed E-state index contributed by atoms with van der Waals surface area (Å²) in [5.41, 5.74) is 6.01. The lowest BCUT2D eigenvalue weighted by Crippen LogP contribution is -2.43. The maximum atomic E-state index is 11.4. The minimum absolute atomic E-state index is 0.137. The minimum atomic E-state index is -3.24. The molecule has 1 rings (SSSR count). The zero-order valence-corrected chi connectivity index (χ0v) is 12.9. The van der Waals surface area contributed by atoms with Crippen LogP contribution in [0.4, 0.5) is 5.69 Å². The number of benzene rings is 1. The first-order chi connectivity index (χ1) is 8.54. The van der Waals surface area contributed by atoms with E-state index in [1.165, 1.54) is 12.1 Å². The van der Waals surface area contributed by atoms with E-state index in [9.17, 15) is 8.42 Å². The van der Waals surface area contributed by atoms with Crippen molar-refractivity contribution in [1.82, 2.24) is 4.90 Å². The van der Waals surface area contributed by atoms with E-state index >= 15 is 0 Å². The van der Waals surface area contributed by atoms with E-state index in [4.69, 9.17) is 10.5 Å². The van der Waals surface area contributed by atoms with Crippen LogP contribution in [0.15, 0.2) is 23.1 Å². The second-order valence-corrected chi connectivity index (χ2v) is 7.48. The van der Waals surface area contributed by atoms with Gasteiger partial charge in [0.2, 0.25) is 0 Å². The van der Waals surface area contributed by atoms with Gasteiger partial charge in [0.15, 0.2) is 9.84 Å². The Morgan fingerprint density at radius 2 is 1.89 bits per heavy atom. The number of hydrogen-bond donors (Lipinski definition) is 1. The van der Waals surface area contributed by atoms with Gasteiger partial charge in [0.25, 0.3) is 0 Å². The van der Waals surface area contributed by atoms with E-state index in [1.54, 1.807) is 6.07 Å². The summed E-state index contributed by atoms with van der Waals surface area (Å²) in [4.78, 5) is 2.25. The monoisotopic (exact) mass is 286 g/mol. The van der Waals surface area contributed by atoms with E-state index in [2.05, 4.69) is 0 Å². The number of likely N-dealkylation sites (N-methyl/N-ethyl adjacent to an activating group) is 1. The second kappa shape index (κ2) is 5.38. The van der Waals surface area contributed by atoms with Crippen molar-refractivity contribution >= 4 is 15.5 Å². The van der Waals surface area contributed by atoms with Crippen LogP contribution in [0.2, 0.25) is 0 Å². The van der Waals surface area contributed by atoms with Crippen LogP contribution in [0, 0.1) is 0 Å². The molecule has 0 amide bonds. The number of anilines is 1. The molecule has 2 N–H and O–H groups in total. The molecule has 0 saturated carbocycles. The molecule has 0 radical (unpaired) electrons. The van der Waals surface area contributed by atoms with E-state index in [0.29, 0.717) is 18.0 Å². The average Bonchev–Trinajstić information content (AvgIpc) is 2.25. The van der Waals surface area contributed by atoms with Crippen molar-refractivity contribution in [2.45, 2.75) is 24.3 Å². The van der Waals surface area contributed by atoms with Crippen molar-refractivity contribution in [1.29, 1.82) is 0 Å². The predicted octanol–water partition coefficient (Wildman–Crippen LogP) is 1.39. The van der Waals surface area contributed by atoms with Crippen LogP contribution >= 0.6 is 0 Å². The maximum absolute atomic E-state index is 11.4. The molecular formula is C13H22N2O3S. The molecule has 0 aromatic heterocycles. The average molecular weight is 286 g/mol. The molecule has 0 atom stereocenters. The Labute approximate surface area is 115 Å². The molecule has 0 aliphatic rings. The van der Waals surface area contributed by atoms with Crippen LogP contribution in [0.3, 0.4) is 0 Å². The van der Waals surface area contributed by atoms with Crippen molar-refractivity contribution in [3.63, 3.8) is 0 Å². The van der Waals surface area contributed by atoms with Gasteiger partial charge in [0.05, 0.1) is 10.6 Å². The topological polar surface area (TPSA) is 72.6 Å². The summed E-state index contributed by atoms with van der Waals surface area (Å²) in [5.74, 6) is 0.502. The smallest absolute Gasteiger partial charge is 0.175 e. The van der Waals surface area contributed by atoms with Gasteiger partial charge in [-0.05, 0) is 46.1 Å². The van der Waals surface area contributed by atoms with Gasteiger partial charge in [-0.3, -0.25) is 0 Å². The van der Waals surface area contributed by atoms with Crippen LogP contribution < -0.4 is 10.5 Å². The molecule has 0 heterocycles. The molecule has 0 aliphatic carbocycles. The van der Waals surface area contributed by atoms with Crippen LogP contribution in [-0.2, 0) is 9.84 Å². The van der Waals surface area contributed by atoms with Crippen molar-refractivity contribution in [2.24, 2.45) is 0 Å².